The van der Waals surface area contributed by atoms with Crippen LogP contribution in [0.5, 0.6) is 0 Å². The molecule has 3 N–H and O–H groups in total. The fraction of sp³-hybridized carbons (Fsp3) is 0.417. The molecule has 0 spiro atoms. The quantitative estimate of drug-likeness (QED) is 0.125. The number of hydrogen-bond acceptors (Lipinski definition) is 10. The highest BCUT2D eigenvalue weighted by atomic mass is 16.6. The molecule has 1 fully saturated rings. The lowest BCUT2D eigenvalue weighted by atomic mass is 9.99. The maximum atomic E-state index is 13.3. The van der Waals surface area contributed by atoms with E-state index in [2.05, 4.69) is 25.9 Å². The van der Waals surface area contributed by atoms with Gasteiger partial charge in [-0.2, -0.15) is 0 Å². The van der Waals surface area contributed by atoms with Crippen LogP contribution in [0, 0.1) is 0 Å². The Morgan fingerprint density at radius 2 is 1.20 bits per heavy atom. The molecule has 0 atom stereocenters. The Morgan fingerprint density at radius 3 is 1.71 bits per heavy atom. The first kappa shape index (κ1) is 48.2. The Hall–Kier alpha value is -7.24. The molecule has 0 aliphatic carbocycles. The molecular formula is C48H58N8O10. The number of anilines is 2. The van der Waals surface area contributed by atoms with Crippen LogP contribution in [0.15, 0.2) is 82.8 Å². The highest BCUT2D eigenvalue weighted by Gasteiger charge is 2.51. The molecule has 18 nitrogen and oxygen atoms in total. The van der Waals surface area contributed by atoms with Gasteiger partial charge in [0.25, 0.3) is 11.8 Å². The maximum Gasteiger partial charge on any atom is 0.437 e. The fourth-order valence-electron chi connectivity index (χ4n) is 7.07. The molecular weight excluding hydrogens is 849 g/mol. The van der Waals surface area contributed by atoms with Crippen LogP contribution in [0.3, 0.4) is 0 Å². The van der Waals surface area contributed by atoms with Crippen molar-refractivity contribution < 1.29 is 47.7 Å². The number of hydrogen-bond donors (Lipinski definition) is 3. The Labute approximate surface area is 384 Å². The summed E-state index contributed by atoms with van der Waals surface area (Å²) in [6.07, 6.45) is -0.504. The number of nitrogens with one attached hydrogen (secondary N) is 3. The van der Waals surface area contributed by atoms with Gasteiger partial charge in [0.15, 0.2) is 5.72 Å². The summed E-state index contributed by atoms with van der Waals surface area (Å²) in [7, 11) is 0. The van der Waals surface area contributed by atoms with Gasteiger partial charge < -0.3 is 39.4 Å². The third-order valence-corrected chi connectivity index (χ3v) is 9.95. The number of guanidine groups is 2. The van der Waals surface area contributed by atoms with Crippen LogP contribution in [-0.2, 0) is 32.0 Å². The number of amides is 6. The molecule has 0 unspecified atom stereocenters. The SMILES string of the molecule is CC(C)(C)OC(=O)/N=C(/NC(=O)OC(C)(C)C)N1CC=C(c2ccc(NC(=O)c3ccc(C(=O)Nc4ccc5c(c4)CN(/C(=N/C(=O)OC(C)(C)C)N4C(=O)OC4(C)C)C5)cc3)cc2)CC1. The smallest absolute Gasteiger partial charge is 0.437 e. The number of nitrogens with zero attached hydrogens (tertiary/aromatic N) is 5. The maximum absolute atomic E-state index is 13.3. The Kier molecular flexibility index (Phi) is 13.7. The standard InChI is InChI=1S/C48H58N8O10/c1-45(2,3)63-41(59)51-39(52-42(60)64-46(4,5)6)54-24-22-30(23-25-54)29-16-19-35(20-17-29)49-37(57)31-12-14-32(15-13-31)38(58)50-36-21-18-33-27-55(28-34(33)26-36)40(53-43(61)65-47(7,8)9)56-44(62)66-48(56,10)11/h12-22,26H,23-25,27-28H2,1-11H3,(H,49,57)(H,50,58)(H,51,52,59,60)/b53-40-. The molecule has 66 heavy (non-hydrogen) atoms. The van der Waals surface area contributed by atoms with Gasteiger partial charge in [-0.1, -0.05) is 24.3 Å². The van der Waals surface area contributed by atoms with Crippen LogP contribution in [0.2, 0.25) is 0 Å². The summed E-state index contributed by atoms with van der Waals surface area (Å²) in [6, 6.07) is 19.1. The van der Waals surface area contributed by atoms with Crippen molar-refractivity contribution in [2.45, 2.75) is 118 Å². The minimum Gasteiger partial charge on any atom is -0.444 e. The molecule has 3 heterocycles. The van der Waals surface area contributed by atoms with Crippen LogP contribution in [0.4, 0.5) is 30.6 Å². The normalized spacial score (nSPS) is 16.3. The molecule has 6 rings (SSSR count). The van der Waals surface area contributed by atoms with E-state index in [1.54, 1.807) is 128 Å². The highest BCUT2D eigenvalue weighted by Crippen LogP contribution is 2.34. The summed E-state index contributed by atoms with van der Waals surface area (Å²) in [5.74, 6) is -0.605. The number of aliphatic imine (C=N–C) groups is 2. The lowest BCUT2D eigenvalue weighted by Gasteiger charge is -2.47. The summed E-state index contributed by atoms with van der Waals surface area (Å²) in [4.78, 5) is 90.2. The van der Waals surface area contributed by atoms with E-state index in [1.807, 2.05) is 30.3 Å². The molecule has 0 radical (unpaired) electrons. The van der Waals surface area contributed by atoms with Gasteiger partial charge in [-0.25, -0.2) is 24.1 Å². The number of ether oxygens (including phenoxy) is 4. The van der Waals surface area contributed by atoms with Crippen molar-refractivity contribution in [2.75, 3.05) is 23.7 Å². The van der Waals surface area contributed by atoms with E-state index < -0.39 is 46.9 Å². The first-order chi connectivity index (χ1) is 30.7. The molecule has 18 heteroatoms. The Balaban J connectivity index is 1.04. The van der Waals surface area contributed by atoms with E-state index in [-0.39, 0.29) is 23.7 Å². The number of cyclic esters (lactones) is 1. The van der Waals surface area contributed by atoms with Crippen molar-refractivity contribution in [2.24, 2.45) is 9.98 Å². The number of carbonyl (C=O) groups excluding carboxylic acids is 6. The molecule has 350 valence electrons. The van der Waals surface area contributed by atoms with Crippen LogP contribution in [0.25, 0.3) is 5.57 Å². The second-order valence-corrected chi connectivity index (χ2v) is 19.4. The first-order valence-electron chi connectivity index (χ1n) is 21.5. The van der Waals surface area contributed by atoms with Crippen molar-refractivity contribution in [1.82, 2.24) is 20.0 Å². The van der Waals surface area contributed by atoms with E-state index in [0.717, 1.165) is 22.3 Å². The zero-order valence-corrected chi connectivity index (χ0v) is 39.3. The van der Waals surface area contributed by atoms with E-state index >= 15 is 0 Å². The monoisotopic (exact) mass is 906 g/mol. The first-order valence-corrected chi connectivity index (χ1v) is 21.5. The van der Waals surface area contributed by atoms with Crippen LogP contribution in [-0.4, -0.2) is 98.4 Å². The molecule has 1 saturated heterocycles. The molecule has 3 aromatic rings. The van der Waals surface area contributed by atoms with Crippen LogP contribution < -0.4 is 16.0 Å². The Morgan fingerprint density at radius 1 is 0.667 bits per heavy atom. The van der Waals surface area contributed by atoms with Crippen molar-refractivity contribution in [3.63, 3.8) is 0 Å². The minimum atomic E-state index is -1.02. The van der Waals surface area contributed by atoms with Gasteiger partial charge in [0.05, 0.1) is 0 Å². The summed E-state index contributed by atoms with van der Waals surface area (Å²) < 4.78 is 21.4. The van der Waals surface area contributed by atoms with Gasteiger partial charge >= 0.3 is 24.4 Å². The largest absolute Gasteiger partial charge is 0.444 e. The molecule has 3 aromatic carbocycles. The van der Waals surface area contributed by atoms with Gasteiger partial charge in [0, 0.05) is 48.7 Å². The predicted octanol–water partition coefficient (Wildman–Crippen LogP) is 8.89. The number of benzene rings is 3. The van der Waals surface area contributed by atoms with Crippen molar-refractivity contribution in [1.29, 1.82) is 0 Å². The van der Waals surface area contributed by atoms with Crippen molar-refractivity contribution >= 4 is 65.1 Å². The second-order valence-electron chi connectivity index (χ2n) is 19.4. The minimum absolute atomic E-state index is 0.0244. The average molecular weight is 907 g/mol. The highest BCUT2D eigenvalue weighted by molar-refractivity contribution is 6.07. The van der Waals surface area contributed by atoms with Crippen LogP contribution >= 0.6 is 0 Å². The Bertz CT molecular complexity index is 2490. The number of carbonyl (C=O) groups is 6. The summed E-state index contributed by atoms with van der Waals surface area (Å²) in [5, 5.41) is 8.41. The second kappa shape index (κ2) is 18.7. The molecule has 0 aromatic heterocycles. The number of fused-ring (bicyclic) bond motifs is 1. The summed E-state index contributed by atoms with van der Waals surface area (Å²) in [6.45, 7) is 20.4. The number of rotatable bonds is 5. The van der Waals surface area contributed by atoms with E-state index in [4.69, 9.17) is 18.9 Å². The van der Waals surface area contributed by atoms with Gasteiger partial charge in [-0.15, -0.1) is 9.98 Å². The summed E-state index contributed by atoms with van der Waals surface area (Å²) >= 11 is 0. The fourth-order valence-corrected chi connectivity index (χ4v) is 7.07. The lowest BCUT2D eigenvalue weighted by Crippen LogP contribution is -2.67. The van der Waals surface area contributed by atoms with E-state index in [1.165, 1.54) is 4.90 Å². The van der Waals surface area contributed by atoms with Gasteiger partial charge in [-0.05, 0) is 153 Å². The van der Waals surface area contributed by atoms with Gasteiger partial charge in [0.1, 0.15) is 16.8 Å². The summed E-state index contributed by atoms with van der Waals surface area (Å²) in [5.41, 5.74) is 2.22. The van der Waals surface area contributed by atoms with Gasteiger partial charge in [0.2, 0.25) is 11.9 Å². The number of alkyl carbamates (subject to hydrolysis) is 1. The predicted molar refractivity (Wildman–Crippen MR) is 248 cm³/mol. The lowest BCUT2D eigenvalue weighted by molar-refractivity contribution is -0.131. The van der Waals surface area contributed by atoms with Crippen molar-refractivity contribution in [3.05, 3.63) is 101 Å². The molecule has 6 amide bonds. The van der Waals surface area contributed by atoms with E-state index in [9.17, 15) is 28.8 Å². The third-order valence-electron chi connectivity index (χ3n) is 9.95. The average Bonchev–Trinajstić information content (AvgIpc) is 3.62. The van der Waals surface area contributed by atoms with E-state index in [0.29, 0.717) is 55.1 Å². The molecule has 0 saturated carbocycles. The van der Waals surface area contributed by atoms with Crippen molar-refractivity contribution in [3.8, 4) is 0 Å². The van der Waals surface area contributed by atoms with Gasteiger partial charge in [-0.3, -0.25) is 14.9 Å². The zero-order chi connectivity index (χ0) is 48.4. The zero-order valence-electron chi connectivity index (χ0n) is 39.3. The van der Waals surface area contributed by atoms with Crippen LogP contribution in [0.1, 0.15) is 120 Å². The topological polar surface area (TPSA) is 210 Å². The molecule has 0 bridgehead atoms. The third kappa shape index (κ3) is 12.7. The molecule has 3 aliphatic rings. The molecule has 3 aliphatic heterocycles.